The van der Waals surface area contributed by atoms with Gasteiger partial charge in [0.2, 0.25) is 10.3 Å². The molecule has 550 valence electrons. The first-order valence-corrected chi connectivity index (χ1v) is 41.8. The standard InChI is InChI=1S/C20H15Cl2N5S.C19H15Cl2N5S.C19H12Cl2N4S3.C18H11Cl2N5S2/c1-12-25-26-20(27(12)2)28-19-16(9-8-13-6-4-3-5-7-13)23-17-10-14(21)15(22)11-18(17)24-19;1-11-22-19(26-25-11)27-18-15(8-7-12-5-3-2-4-6-12)23-16-9-13(20)14(21)10-17(16)24-18;1-26-18-24-25-19(28-18)27-17-14(8-7-11-5-3-2-4-6-11)22-15-9-12(20)13(21)10-16(15)23-17;19-11-8-14-15(9-12(11)20)23-16(26-18-25-24-17(21)27-18)13(22-14)7-6-10-4-2-1-3-5-10/h3-11H,1-2H3;2-6,9-10H,7-8H2,1H3,(H,22,25,26);2-10H,1H3;1-9H,(H2,21,24)/b9-8+;;8-7+;7-6+. The van der Waals surface area contributed by atoms with Crippen LogP contribution in [0, 0.1) is 13.8 Å². The predicted molar refractivity (Wildman–Crippen MR) is 458 cm³/mol. The second kappa shape index (κ2) is 37.8. The minimum Gasteiger partial charge on any atom is -0.374 e. The van der Waals surface area contributed by atoms with Gasteiger partial charge in [0, 0.05) is 7.05 Å². The van der Waals surface area contributed by atoms with E-state index in [1.54, 1.807) is 60.3 Å². The predicted octanol–water partition coefficient (Wildman–Crippen LogP) is 23.5. The maximum absolute atomic E-state index is 6.16. The molecule has 0 atom stereocenters. The van der Waals surface area contributed by atoms with E-state index in [0.29, 0.717) is 109 Å². The van der Waals surface area contributed by atoms with Gasteiger partial charge >= 0.3 is 0 Å². The summed E-state index contributed by atoms with van der Waals surface area (Å²) in [6.07, 6.45) is 15.4. The largest absolute Gasteiger partial charge is 0.374 e. The third-order valence-corrected chi connectivity index (χ3v) is 24.9. The molecule has 8 aromatic heterocycles. The van der Waals surface area contributed by atoms with Crippen LogP contribution in [-0.2, 0) is 19.9 Å². The number of halogens is 8. The minimum atomic E-state index is 0.405. The lowest BCUT2D eigenvalue weighted by molar-refractivity contribution is 0.764. The third kappa shape index (κ3) is 21.2. The first kappa shape index (κ1) is 79.7. The number of hydrogen-bond acceptors (Lipinski definition) is 24. The van der Waals surface area contributed by atoms with Gasteiger partial charge in [-0.15, -0.1) is 35.7 Å². The summed E-state index contributed by atoms with van der Waals surface area (Å²) >= 11 is 59.2. The number of aromatic nitrogens is 18. The molecule has 0 saturated heterocycles. The van der Waals surface area contributed by atoms with Crippen LogP contribution < -0.4 is 5.73 Å². The zero-order valence-electron chi connectivity index (χ0n) is 57.6. The molecule has 16 rings (SSSR count). The summed E-state index contributed by atoms with van der Waals surface area (Å²) in [5.41, 5.74) is 18.7. The molecule has 34 heteroatoms. The highest BCUT2D eigenvalue weighted by molar-refractivity contribution is 8.03. The van der Waals surface area contributed by atoms with Gasteiger partial charge < -0.3 is 10.3 Å². The van der Waals surface area contributed by atoms with E-state index in [1.807, 2.05) is 177 Å². The summed E-state index contributed by atoms with van der Waals surface area (Å²) in [5.74, 6) is 1.58. The van der Waals surface area contributed by atoms with Crippen molar-refractivity contribution in [1.82, 2.24) is 90.2 Å². The molecule has 0 aliphatic heterocycles. The fourth-order valence-electron chi connectivity index (χ4n) is 9.91. The van der Waals surface area contributed by atoms with Gasteiger partial charge in [0.1, 0.15) is 31.8 Å². The normalized spacial score (nSPS) is 11.5. The van der Waals surface area contributed by atoms with Crippen molar-refractivity contribution in [3.05, 3.63) is 267 Å². The van der Waals surface area contributed by atoms with Crippen molar-refractivity contribution < 1.29 is 0 Å². The number of nitrogens with one attached hydrogen (secondary N) is 1. The molecular weight excluding hydrogens is 1690 g/mol. The smallest absolute Gasteiger partial charge is 0.214 e. The van der Waals surface area contributed by atoms with Crippen LogP contribution in [0.25, 0.3) is 80.6 Å². The van der Waals surface area contributed by atoms with E-state index in [9.17, 15) is 0 Å². The number of H-pyrrole nitrogens is 1. The highest BCUT2D eigenvalue weighted by Crippen LogP contribution is 2.40. The Labute approximate surface area is 699 Å². The maximum Gasteiger partial charge on any atom is 0.214 e. The summed E-state index contributed by atoms with van der Waals surface area (Å²) in [5, 5.41) is 39.9. The van der Waals surface area contributed by atoms with Crippen LogP contribution in [-0.4, -0.2) is 96.5 Å². The van der Waals surface area contributed by atoms with Crippen molar-refractivity contribution >= 4 is 260 Å². The molecule has 0 amide bonds. The Morgan fingerprint density at radius 1 is 0.391 bits per heavy atom. The van der Waals surface area contributed by atoms with Crippen LogP contribution in [0.4, 0.5) is 5.13 Å². The highest BCUT2D eigenvalue weighted by atomic mass is 35.5. The summed E-state index contributed by atoms with van der Waals surface area (Å²) in [6, 6.07) is 54.1. The van der Waals surface area contributed by atoms with Gasteiger partial charge in [0.15, 0.2) is 18.2 Å². The van der Waals surface area contributed by atoms with Crippen molar-refractivity contribution in [2.45, 2.75) is 70.1 Å². The van der Waals surface area contributed by atoms with E-state index in [1.165, 1.54) is 75.3 Å². The van der Waals surface area contributed by atoms with Gasteiger partial charge in [-0.3, -0.25) is 5.10 Å². The number of aryl methyl sites for hydroxylation is 4. The number of nitrogens with zero attached hydrogens (tertiary/aromatic N) is 17. The molecule has 0 aliphatic carbocycles. The van der Waals surface area contributed by atoms with E-state index >= 15 is 0 Å². The molecule has 110 heavy (non-hydrogen) atoms. The van der Waals surface area contributed by atoms with Crippen molar-refractivity contribution in [3.63, 3.8) is 0 Å². The minimum absolute atomic E-state index is 0.405. The molecule has 3 N–H and O–H groups in total. The second-order valence-corrected chi connectivity index (χ2v) is 33.8. The molecule has 0 spiro atoms. The van der Waals surface area contributed by atoms with Crippen LogP contribution in [0.15, 0.2) is 213 Å². The third-order valence-electron chi connectivity index (χ3n) is 15.4. The molecule has 0 fully saturated rings. The Morgan fingerprint density at radius 3 is 1.14 bits per heavy atom. The number of nitrogens with two attached hydrogens (primary N) is 1. The van der Waals surface area contributed by atoms with Gasteiger partial charge in [-0.05, 0) is 169 Å². The number of aromatic amines is 1. The average Bonchev–Trinajstić information content (AvgIpc) is 1.17. The molecular formula is C76H53Cl8N19S7. The summed E-state index contributed by atoms with van der Waals surface area (Å²) < 4.78 is 4.33. The molecule has 0 radical (unpaired) electrons. The fourth-order valence-corrected chi connectivity index (χ4v) is 16.9. The van der Waals surface area contributed by atoms with E-state index in [2.05, 4.69) is 57.9 Å². The molecule has 8 aromatic carbocycles. The molecule has 0 saturated carbocycles. The van der Waals surface area contributed by atoms with Gasteiger partial charge in [-0.2, -0.15) is 0 Å². The number of fused-ring (bicyclic) bond motifs is 4. The fraction of sp³-hybridized carbons (Fsp3) is 0.0789. The molecule has 0 unspecified atom stereocenters. The van der Waals surface area contributed by atoms with Crippen molar-refractivity contribution in [1.29, 1.82) is 0 Å². The first-order valence-electron chi connectivity index (χ1n) is 32.6. The monoisotopic (exact) mass is 1740 g/mol. The van der Waals surface area contributed by atoms with E-state index in [-0.39, 0.29) is 0 Å². The first-order chi connectivity index (χ1) is 53.3. The van der Waals surface area contributed by atoms with Crippen LogP contribution in [0.2, 0.25) is 40.2 Å². The van der Waals surface area contributed by atoms with Gasteiger partial charge in [-0.1, -0.05) is 267 Å². The molecule has 16 aromatic rings. The van der Waals surface area contributed by atoms with Crippen molar-refractivity contribution in [2.75, 3.05) is 12.0 Å². The Hall–Kier alpha value is -8.39. The van der Waals surface area contributed by atoms with Gasteiger partial charge in [0.05, 0.1) is 107 Å². The van der Waals surface area contributed by atoms with E-state index < -0.39 is 0 Å². The van der Waals surface area contributed by atoms with E-state index in [4.69, 9.17) is 138 Å². The number of rotatable bonds is 18. The summed E-state index contributed by atoms with van der Waals surface area (Å²) in [4.78, 5) is 42.3. The highest BCUT2D eigenvalue weighted by Gasteiger charge is 2.20. The Bertz CT molecular complexity index is 6060. The number of hydrogen-bond donors (Lipinski definition) is 2. The lowest BCUT2D eigenvalue weighted by atomic mass is 10.1. The van der Waals surface area contributed by atoms with Crippen LogP contribution >= 0.6 is 174 Å². The van der Waals surface area contributed by atoms with Crippen LogP contribution in [0.3, 0.4) is 0 Å². The van der Waals surface area contributed by atoms with Crippen molar-refractivity contribution in [3.8, 4) is 0 Å². The average molecular weight is 1740 g/mol. The van der Waals surface area contributed by atoms with E-state index in [0.717, 1.165) is 87.7 Å². The topological polar surface area (TPSA) is 253 Å². The number of anilines is 1. The van der Waals surface area contributed by atoms with Crippen LogP contribution in [0.1, 0.15) is 56.7 Å². The number of thioether (sulfide) groups is 1. The Balaban J connectivity index is 0.000000129. The molecule has 0 aliphatic rings. The van der Waals surface area contributed by atoms with Crippen LogP contribution in [0.5, 0.6) is 0 Å². The summed E-state index contributed by atoms with van der Waals surface area (Å²) in [6.45, 7) is 3.77. The SMILES string of the molecule is CSc1nnc(Sc2nc3cc(Cl)c(Cl)cc3nc2/C=C/c2ccccc2)s1.Cc1nc(Sc2nc3cc(Cl)c(Cl)cc3nc2CCc2ccccc2)n[nH]1.Cc1nnc(Sc2nc3cc(Cl)c(Cl)cc3nc2/C=C/c2ccccc2)n1C.Nc1nnc(Sc2nc3cc(Cl)c(Cl)cc3nc2/C=C/c2ccccc2)s1. The Morgan fingerprint density at radius 2 is 0.764 bits per heavy atom. The van der Waals surface area contributed by atoms with Crippen molar-refractivity contribution in [2.24, 2.45) is 7.05 Å². The number of nitrogen functional groups attached to an aromatic ring is 1. The van der Waals surface area contributed by atoms with Gasteiger partial charge in [-0.25, -0.2) is 44.9 Å². The summed E-state index contributed by atoms with van der Waals surface area (Å²) in [7, 11) is 1.92. The zero-order valence-corrected chi connectivity index (χ0v) is 69.4. The Kier molecular flexibility index (Phi) is 27.3. The second-order valence-electron chi connectivity index (χ2n) is 23.1. The lowest BCUT2D eigenvalue weighted by Gasteiger charge is -2.09. The quantitative estimate of drug-likeness (QED) is 0.0757. The molecule has 8 heterocycles. The maximum atomic E-state index is 6.16. The van der Waals surface area contributed by atoms with Gasteiger partial charge in [0.25, 0.3) is 0 Å². The molecule has 19 nitrogen and oxygen atoms in total. The number of benzene rings is 8. The zero-order chi connectivity index (χ0) is 76.8. The lowest BCUT2D eigenvalue weighted by Crippen LogP contribution is -2.01. The molecule has 0 bridgehead atoms.